The molecule has 1 heterocycles. The molecule has 0 unspecified atom stereocenters. The van der Waals surface area contributed by atoms with Crippen LogP contribution in [0.2, 0.25) is 0 Å². The highest BCUT2D eigenvalue weighted by molar-refractivity contribution is 5.96. The van der Waals surface area contributed by atoms with Gasteiger partial charge in [0.15, 0.2) is 0 Å². The SMILES string of the molecule is Cc1n[nH]c(C)c1C(=O)NCCC1CCCC1. The van der Waals surface area contributed by atoms with E-state index in [-0.39, 0.29) is 5.91 Å². The number of H-pyrrole nitrogens is 1. The average Bonchev–Trinajstić information content (AvgIpc) is 2.89. The Hall–Kier alpha value is -1.32. The summed E-state index contributed by atoms with van der Waals surface area (Å²) in [4.78, 5) is 12.0. The van der Waals surface area contributed by atoms with Gasteiger partial charge in [-0.3, -0.25) is 9.89 Å². The van der Waals surface area contributed by atoms with Gasteiger partial charge in [0.1, 0.15) is 0 Å². The molecule has 4 nitrogen and oxygen atoms in total. The molecule has 1 aliphatic carbocycles. The summed E-state index contributed by atoms with van der Waals surface area (Å²) in [6.07, 6.45) is 6.50. The second-order valence-electron chi connectivity index (χ2n) is 5.00. The lowest BCUT2D eigenvalue weighted by atomic mass is 10.0. The molecule has 0 atom stereocenters. The average molecular weight is 235 g/mol. The van der Waals surface area contributed by atoms with Crippen molar-refractivity contribution < 1.29 is 4.79 Å². The highest BCUT2D eigenvalue weighted by Crippen LogP contribution is 2.26. The van der Waals surface area contributed by atoms with Gasteiger partial charge < -0.3 is 5.32 Å². The van der Waals surface area contributed by atoms with E-state index in [0.717, 1.165) is 30.3 Å². The predicted octanol–water partition coefficient (Wildman–Crippen LogP) is 2.34. The van der Waals surface area contributed by atoms with E-state index in [1.807, 2.05) is 13.8 Å². The third-order valence-electron chi connectivity index (χ3n) is 3.67. The number of aromatic amines is 1. The molecule has 0 spiro atoms. The highest BCUT2D eigenvalue weighted by atomic mass is 16.1. The lowest BCUT2D eigenvalue weighted by molar-refractivity contribution is 0.0950. The summed E-state index contributed by atoms with van der Waals surface area (Å²) in [5.41, 5.74) is 2.33. The van der Waals surface area contributed by atoms with Crippen molar-refractivity contribution in [3.05, 3.63) is 17.0 Å². The maximum Gasteiger partial charge on any atom is 0.255 e. The molecule has 1 aromatic heterocycles. The normalized spacial score (nSPS) is 16.4. The van der Waals surface area contributed by atoms with Crippen molar-refractivity contribution in [1.29, 1.82) is 0 Å². The van der Waals surface area contributed by atoms with Crippen molar-refractivity contribution in [2.24, 2.45) is 5.92 Å². The van der Waals surface area contributed by atoms with Crippen LogP contribution < -0.4 is 5.32 Å². The van der Waals surface area contributed by atoms with Gasteiger partial charge in [-0.2, -0.15) is 5.10 Å². The number of carbonyl (C=O) groups excluding carboxylic acids is 1. The number of carbonyl (C=O) groups is 1. The molecule has 1 aliphatic rings. The van der Waals surface area contributed by atoms with Crippen LogP contribution in [0.25, 0.3) is 0 Å². The van der Waals surface area contributed by atoms with Crippen LogP contribution in [0.4, 0.5) is 0 Å². The van der Waals surface area contributed by atoms with Gasteiger partial charge in [0, 0.05) is 12.2 Å². The monoisotopic (exact) mass is 235 g/mol. The first kappa shape index (κ1) is 12.1. The molecule has 0 aliphatic heterocycles. The number of hydrogen-bond donors (Lipinski definition) is 2. The molecule has 1 aromatic rings. The Morgan fingerprint density at radius 3 is 2.71 bits per heavy atom. The minimum absolute atomic E-state index is 0.00625. The molecular formula is C13H21N3O. The zero-order valence-corrected chi connectivity index (χ0v) is 10.7. The Kier molecular flexibility index (Phi) is 3.82. The summed E-state index contributed by atoms with van der Waals surface area (Å²) < 4.78 is 0. The Morgan fingerprint density at radius 1 is 1.41 bits per heavy atom. The van der Waals surface area contributed by atoms with Crippen LogP contribution >= 0.6 is 0 Å². The van der Waals surface area contributed by atoms with E-state index in [9.17, 15) is 4.79 Å². The van der Waals surface area contributed by atoms with Gasteiger partial charge in [0.2, 0.25) is 0 Å². The van der Waals surface area contributed by atoms with Crippen LogP contribution in [0, 0.1) is 19.8 Å². The molecule has 0 bridgehead atoms. The summed E-state index contributed by atoms with van der Waals surface area (Å²) in [5.74, 6) is 0.827. The van der Waals surface area contributed by atoms with Gasteiger partial charge in [0.05, 0.1) is 11.3 Å². The first-order valence-corrected chi connectivity index (χ1v) is 6.48. The van der Waals surface area contributed by atoms with Crippen molar-refractivity contribution in [2.75, 3.05) is 6.54 Å². The summed E-state index contributed by atoms with van der Waals surface area (Å²) >= 11 is 0. The topological polar surface area (TPSA) is 57.8 Å². The van der Waals surface area contributed by atoms with E-state index in [1.165, 1.54) is 25.7 Å². The third kappa shape index (κ3) is 2.87. The number of nitrogens with zero attached hydrogens (tertiary/aromatic N) is 1. The third-order valence-corrected chi connectivity index (χ3v) is 3.67. The van der Waals surface area contributed by atoms with Gasteiger partial charge in [-0.05, 0) is 26.2 Å². The Labute approximate surface area is 102 Å². The van der Waals surface area contributed by atoms with Crippen molar-refractivity contribution in [3.8, 4) is 0 Å². The largest absolute Gasteiger partial charge is 0.352 e. The summed E-state index contributed by atoms with van der Waals surface area (Å²) in [6.45, 7) is 4.52. The van der Waals surface area contributed by atoms with Gasteiger partial charge in [0.25, 0.3) is 5.91 Å². The lowest BCUT2D eigenvalue weighted by Gasteiger charge is -2.09. The standard InChI is InChI=1S/C13H21N3O/c1-9-12(10(2)16-15-9)13(17)14-8-7-11-5-3-4-6-11/h11H,3-8H2,1-2H3,(H,14,17)(H,15,16). The molecule has 1 amide bonds. The van der Waals surface area contributed by atoms with Crippen LogP contribution in [0.15, 0.2) is 0 Å². The van der Waals surface area contributed by atoms with Crippen LogP contribution in [0.3, 0.4) is 0 Å². The summed E-state index contributed by atoms with van der Waals surface area (Å²) in [6, 6.07) is 0. The lowest BCUT2D eigenvalue weighted by Crippen LogP contribution is -2.26. The predicted molar refractivity (Wildman–Crippen MR) is 67.0 cm³/mol. The maximum atomic E-state index is 12.0. The molecular weight excluding hydrogens is 214 g/mol. The summed E-state index contributed by atoms with van der Waals surface area (Å²) in [5, 5.41) is 9.87. The number of aryl methyl sites for hydroxylation is 2. The molecule has 0 saturated heterocycles. The zero-order valence-electron chi connectivity index (χ0n) is 10.7. The molecule has 2 N–H and O–H groups in total. The fourth-order valence-electron chi connectivity index (χ4n) is 2.66. The van der Waals surface area contributed by atoms with Crippen LogP contribution in [0.1, 0.15) is 53.8 Å². The second kappa shape index (κ2) is 5.34. The molecule has 17 heavy (non-hydrogen) atoms. The quantitative estimate of drug-likeness (QED) is 0.841. The molecule has 0 aromatic carbocycles. The molecule has 4 heteroatoms. The number of amides is 1. The minimum Gasteiger partial charge on any atom is -0.352 e. The smallest absolute Gasteiger partial charge is 0.255 e. The van der Waals surface area contributed by atoms with Crippen LogP contribution in [-0.4, -0.2) is 22.6 Å². The van der Waals surface area contributed by atoms with E-state index >= 15 is 0 Å². The minimum atomic E-state index is 0.00625. The number of rotatable bonds is 4. The number of aromatic nitrogens is 2. The van der Waals surface area contributed by atoms with Gasteiger partial charge in [-0.25, -0.2) is 0 Å². The van der Waals surface area contributed by atoms with Gasteiger partial charge in [-0.15, -0.1) is 0 Å². The summed E-state index contributed by atoms with van der Waals surface area (Å²) in [7, 11) is 0. The number of nitrogens with one attached hydrogen (secondary N) is 2. The van der Waals surface area contributed by atoms with Crippen molar-refractivity contribution >= 4 is 5.91 Å². The first-order valence-electron chi connectivity index (χ1n) is 6.48. The van der Waals surface area contributed by atoms with Gasteiger partial charge in [-0.1, -0.05) is 25.7 Å². The Morgan fingerprint density at radius 2 is 2.12 bits per heavy atom. The van der Waals surface area contributed by atoms with Crippen molar-refractivity contribution in [3.63, 3.8) is 0 Å². The Balaban J connectivity index is 1.81. The van der Waals surface area contributed by atoms with Gasteiger partial charge >= 0.3 is 0 Å². The zero-order chi connectivity index (χ0) is 12.3. The van der Waals surface area contributed by atoms with E-state index in [1.54, 1.807) is 0 Å². The Bertz CT molecular complexity index is 372. The van der Waals surface area contributed by atoms with Crippen LogP contribution in [-0.2, 0) is 0 Å². The van der Waals surface area contributed by atoms with E-state index in [4.69, 9.17) is 0 Å². The van der Waals surface area contributed by atoms with E-state index < -0.39 is 0 Å². The molecule has 1 saturated carbocycles. The van der Waals surface area contributed by atoms with E-state index in [2.05, 4.69) is 15.5 Å². The fourth-order valence-corrected chi connectivity index (χ4v) is 2.66. The number of hydrogen-bond acceptors (Lipinski definition) is 2. The van der Waals surface area contributed by atoms with E-state index in [0.29, 0.717) is 5.56 Å². The second-order valence-corrected chi connectivity index (χ2v) is 5.00. The highest BCUT2D eigenvalue weighted by Gasteiger charge is 2.17. The van der Waals surface area contributed by atoms with Crippen molar-refractivity contribution in [2.45, 2.75) is 46.0 Å². The first-order chi connectivity index (χ1) is 8.18. The maximum absolute atomic E-state index is 12.0. The van der Waals surface area contributed by atoms with Crippen molar-refractivity contribution in [1.82, 2.24) is 15.5 Å². The fraction of sp³-hybridized carbons (Fsp3) is 0.692. The molecule has 94 valence electrons. The van der Waals surface area contributed by atoms with Crippen LogP contribution in [0.5, 0.6) is 0 Å². The molecule has 0 radical (unpaired) electrons. The molecule has 2 rings (SSSR count). The molecule has 1 fully saturated rings.